The van der Waals surface area contributed by atoms with E-state index in [1.165, 1.54) is 29.6 Å². The lowest BCUT2D eigenvalue weighted by molar-refractivity contribution is -0.140. The Bertz CT molecular complexity index is 849. The highest BCUT2D eigenvalue weighted by atomic mass is 32.2. The Morgan fingerprint density at radius 3 is 3.00 bits per heavy atom. The second-order valence-electron chi connectivity index (χ2n) is 6.22. The fraction of sp³-hybridized carbons (Fsp3) is 0.471. The molecule has 0 bridgehead atoms. The number of esters is 1. The number of aryl methyl sites for hydroxylation is 2. The zero-order chi connectivity index (χ0) is 18.7. The molecule has 0 unspecified atom stereocenters. The quantitative estimate of drug-likeness (QED) is 0.597. The van der Waals surface area contributed by atoms with Crippen LogP contribution in [0.4, 0.5) is 10.8 Å². The van der Waals surface area contributed by atoms with Gasteiger partial charge >= 0.3 is 5.97 Å². The monoisotopic (exact) mass is 410 g/mol. The summed E-state index contributed by atoms with van der Waals surface area (Å²) in [6.45, 7) is 6.28. The molecular formula is C17H22N4O2S3. The highest BCUT2D eigenvalue weighted by Crippen LogP contribution is 2.25. The Hall–Kier alpha value is -1.42. The van der Waals surface area contributed by atoms with E-state index in [2.05, 4.69) is 47.4 Å². The van der Waals surface area contributed by atoms with E-state index in [4.69, 9.17) is 17.0 Å². The zero-order valence-electron chi connectivity index (χ0n) is 15.0. The molecule has 2 aromatic rings. The molecule has 3 rings (SSSR count). The van der Waals surface area contributed by atoms with Gasteiger partial charge in [-0.2, -0.15) is 0 Å². The van der Waals surface area contributed by atoms with Crippen molar-refractivity contribution in [3.05, 3.63) is 33.3 Å². The summed E-state index contributed by atoms with van der Waals surface area (Å²) >= 11 is 8.57. The summed E-state index contributed by atoms with van der Waals surface area (Å²) in [5.41, 5.74) is 3.44. The number of nitrogens with zero attached hydrogens (tertiary/aromatic N) is 3. The van der Waals surface area contributed by atoms with Crippen LogP contribution in [0.5, 0.6) is 0 Å². The molecule has 1 fully saturated rings. The van der Waals surface area contributed by atoms with Crippen molar-refractivity contribution in [1.29, 1.82) is 0 Å². The first kappa shape index (κ1) is 19.3. The standard InChI is InChI=1S/C17H22N4O2S3/c1-11-4-5-13(12(2)8-11)18-16-19-21(17(24)26-16)10-20-6-7-25-14(9-20)15(22)23-3/h4-5,8,14H,6-7,9-10H2,1-3H3,(H,18,19)/t14-/m0/s1. The van der Waals surface area contributed by atoms with E-state index >= 15 is 0 Å². The molecule has 1 aromatic heterocycles. The first-order chi connectivity index (χ1) is 12.5. The lowest BCUT2D eigenvalue weighted by Gasteiger charge is -2.30. The van der Waals surface area contributed by atoms with Crippen LogP contribution >= 0.6 is 35.3 Å². The Labute approximate surface area is 166 Å². The Morgan fingerprint density at radius 1 is 1.46 bits per heavy atom. The number of hydrogen-bond acceptors (Lipinski definition) is 8. The summed E-state index contributed by atoms with van der Waals surface area (Å²) in [5.74, 6) is 0.726. The molecule has 0 spiro atoms. The number of benzene rings is 1. The Balaban J connectivity index is 1.68. The molecule has 9 heteroatoms. The van der Waals surface area contributed by atoms with Crippen molar-refractivity contribution in [2.45, 2.75) is 25.8 Å². The largest absolute Gasteiger partial charge is 0.468 e. The van der Waals surface area contributed by atoms with Gasteiger partial charge in [0.1, 0.15) is 5.25 Å². The van der Waals surface area contributed by atoms with Crippen molar-refractivity contribution in [3.63, 3.8) is 0 Å². The van der Waals surface area contributed by atoms with E-state index in [0.29, 0.717) is 17.2 Å². The van der Waals surface area contributed by atoms with E-state index in [-0.39, 0.29) is 11.2 Å². The number of methoxy groups -OCH3 is 1. The molecule has 0 aliphatic carbocycles. The van der Waals surface area contributed by atoms with Gasteiger partial charge in [-0.3, -0.25) is 9.69 Å². The molecule has 1 aliphatic heterocycles. The van der Waals surface area contributed by atoms with E-state index in [0.717, 1.165) is 23.1 Å². The molecule has 2 heterocycles. The summed E-state index contributed by atoms with van der Waals surface area (Å²) in [7, 11) is 1.43. The van der Waals surface area contributed by atoms with Gasteiger partial charge in [0.05, 0.1) is 13.8 Å². The third-order valence-electron chi connectivity index (χ3n) is 4.18. The average Bonchev–Trinajstić information content (AvgIpc) is 2.96. The minimum Gasteiger partial charge on any atom is -0.468 e. The number of carbonyl (C=O) groups is 1. The topological polar surface area (TPSA) is 59.4 Å². The van der Waals surface area contributed by atoms with E-state index in [9.17, 15) is 4.79 Å². The number of aromatic nitrogens is 2. The van der Waals surface area contributed by atoms with Gasteiger partial charge in [-0.1, -0.05) is 29.0 Å². The van der Waals surface area contributed by atoms with Gasteiger partial charge in [-0.25, -0.2) is 4.68 Å². The maximum Gasteiger partial charge on any atom is 0.320 e. The van der Waals surface area contributed by atoms with Gasteiger partial charge in [0.15, 0.2) is 3.95 Å². The van der Waals surface area contributed by atoms with Crippen molar-refractivity contribution in [2.24, 2.45) is 0 Å². The van der Waals surface area contributed by atoms with Crippen LogP contribution in [0, 0.1) is 17.8 Å². The minimum absolute atomic E-state index is 0.144. The molecule has 0 radical (unpaired) electrons. The zero-order valence-corrected chi connectivity index (χ0v) is 17.5. The number of thioether (sulfide) groups is 1. The summed E-state index contributed by atoms with van der Waals surface area (Å²) in [6.07, 6.45) is 0. The van der Waals surface area contributed by atoms with Crippen molar-refractivity contribution in [2.75, 3.05) is 31.3 Å². The minimum atomic E-state index is -0.168. The van der Waals surface area contributed by atoms with E-state index in [1.54, 1.807) is 11.8 Å². The summed E-state index contributed by atoms with van der Waals surface area (Å²) < 4.78 is 7.39. The lowest BCUT2D eigenvalue weighted by Crippen LogP contribution is -2.42. The molecule has 1 atom stereocenters. The maximum absolute atomic E-state index is 11.8. The molecule has 140 valence electrons. The first-order valence-corrected chi connectivity index (χ1v) is 10.6. The fourth-order valence-electron chi connectivity index (χ4n) is 2.81. The summed E-state index contributed by atoms with van der Waals surface area (Å²) in [4.78, 5) is 14.0. The average molecular weight is 411 g/mol. The third-order valence-corrected chi connectivity index (χ3v) is 6.56. The predicted octanol–water partition coefficient (Wildman–Crippen LogP) is 3.58. The molecule has 1 aliphatic rings. The van der Waals surface area contributed by atoms with E-state index in [1.807, 2.05) is 4.68 Å². The third kappa shape index (κ3) is 4.64. The van der Waals surface area contributed by atoms with Crippen LogP contribution in [-0.4, -0.2) is 51.9 Å². The molecule has 26 heavy (non-hydrogen) atoms. The number of hydrogen-bond donors (Lipinski definition) is 1. The molecule has 1 saturated heterocycles. The number of nitrogens with one attached hydrogen (secondary N) is 1. The van der Waals surface area contributed by atoms with Crippen LogP contribution < -0.4 is 5.32 Å². The molecular weight excluding hydrogens is 388 g/mol. The van der Waals surface area contributed by atoms with Crippen molar-refractivity contribution in [1.82, 2.24) is 14.7 Å². The maximum atomic E-state index is 11.8. The van der Waals surface area contributed by atoms with Crippen LogP contribution in [0.1, 0.15) is 11.1 Å². The Kier molecular flexibility index (Phi) is 6.33. The summed E-state index contributed by atoms with van der Waals surface area (Å²) in [6, 6.07) is 6.27. The number of ether oxygens (including phenoxy) is 1. The normalized spacial score (nSPS) is 17.9. The van der Waals surface area contributed by atoms with Gasteiger partial charge in [0.25, 0.3) is 0 Å². The van der Waals surface area contributed by atoms with Gasteiger partial charge in [0, 0.05) is 24.5 Å². The molecule has 6 nitrogen and oxygen atoms in total. The number of carbonyl (C=O) groups excluding carboxylic acids is 1. The fourth-order valence-corrected chi connectivity index (χ4v) is 5.01. The predicted molar refractivity (Wildman–Crippen MR) is 110 cm³/mol. The first-order valence-electron chi connectivity index (χ1n) is 8.30. The second-order valence-corrected chi connectivity index (χ2v) is 9.15. The number of rotatable bonds is 5. The van der Waals surface area contributed by atoms with Crippen molar-refractivity contribution >= 4 is 52.1 Å². The van der Waals surface area contributed by atoms with Crippen molar-refractivity contribution in [3.8, 4) is 0 Å². The van der Waals surface area contributed by atoms with Crippen LogP contribution in [0.3, 0.4) is 0 Å². The second kappa shape index (κ2) is 8.51. The van der Waals surface area contributed by atoms with Gasteiger partial charge < -0.3 is 10.1 Å². The highest BCUT2D eigenvalue weighted by molar-refractivity contribution is 8.00. The highest BCUT2D eigenvalue weighted by Gasteiger charge is 2.27. The summed E-state index contributed by atoms with van der Waals surface area (Å²) in [5, 5.41) is 8.60. The smallest absolute Gasteiger partial charge is 0.320 e. The van der Waals surface area contributed by atoms with Crippen LogP contribution in [-0.2, 0) is 16.2 Å². The van der Waals surface area contributed by atoms with Crippen LogP contribution in [0.25, 0.3) is 0 Å². The number of anilines is 2. The van der Waals surface area contributed by atoms with Gasteiger partial charge in [-0.05, 0) is 37.7 Å². The lowest BCUT2D eigenvalue weighted by atomic mass is 10.1. The SMILES string of the molecule is COC(=O)[C@@H]1CN(Cn2nc(Nc3ccc(C)cc3C)sc2=S)CCS1. The van der Waals surface area contributed by atoms with Crippen LogP contribution in [0.2, 0.25) is 0 Å². The van der Waals surface area contributed by atoms with Gasteiger partial charge in [-0.15, -0.1) is 16.9 Å². The molecule has 1 N–H and O–H groups in total. The van der Waals surface area contributed by atoms with E-state index < -0.39 is 0 Å². The molecule has 0 saturated carbocycles. The molecule has 0 amide bonds. The van der Waals surface area contributed by atoms with Crippen molar-refractivity contribution < 1.29 is 9.53 Å². The Morgan fingerprint density at radius 2 is 2.27 bits per heavy atom. The van der Waals surface area contributed by atoms with Crippen LogP contribution in [0.15, 0.2) is 18.2 Å². The van der Waals surface area contributed by atoms with Gasteiger partial charge in [0.2, 0.25) is 5.13 Å². The molecule has 1 aromatic carbocycles.